The highest BCUT2D eigenvalue weighted by Crippen LogP contribution is 2.18. The molecule has 0 spiro atoms. The molecule has 27 heavy (non-hydrogen) atoms. The van der Waals surface area contributed by atoms with Crippen LogP contribution in [-0.2, 0) is 20.9 Å². The Kier molecular flexibility index (Phi) is 6.45. The molecule has 1 aromatic rings. The molecule has 2 amide bonds. The van der Waals surface area contributed by atoms with Gasteiger partial charge < -0.3 is 19.6 Å². The first-order chi connectivity index (χ1) is 13.0. The molecule has 3 rings (SSSR count). The van der Waals surface area contributed by atoms with Crippen molar-refractivity contribution in [1.29, 1.82) is 0 Å². The monoisotopic (exact) mass is 374 g/mol. The minimum absolute atomic E-state index is 0.0341. The van der Waals surface area contributed by atoms with Crippen LogP contribution in [0.15, 0.2) is 24.3 Å². The molecule has 2 fully saturated rings. The van der Waals surface area contributed by atoms with E-state index in [0.717, 1.165) is 31.4 Å². The Bertz CT molecular complexity index is 699. The Balaban J connectivity index is 1.70. The van der Waals surface area contributed by atoms with E-state index in [1.54, 1.807) is 21.9 Å². The number of rotatable bonds is 8. The summed E-state index contributed by atoms with van der Waals surface area (Å²) in [6, 6.07) is 7.26. The van der Waals surface area contributed by atoms with Crippen LogP contribution in [0.1, 0.15) is 48.0 Å². The first kappa shape index (κ1) is 19.4. The molecule has 2 aliphatic rings. The molecular formula is C20H26N2O5. The Morgan fingerprint density at radius 1 is 1.30 bits per heavy atom. The SMILES string of the molecule is O=C(O)CCN(C[C@H]1CCCO1)C(=O)c1cccc(CN2CCCC2=O)c1. The molecule has 0 unspecified atom stereocenters. The number of carboxylic acid groups (broad SMARTS) is 1. The van der Waals surface area contributed by atoms with Gasteiger partial charge in [0.25, 0.3) is 5.91 Å². The Labute approximate surface area is 158 Å². The van der Waals surface area contributed by atoms with Crippen molar-refractivity contribution in [2.75, 3.05) is 26.2 Å². The minimum Gasteiger partial charge on any atom is -0.481 e. The van der Waals surface area contributed by atoms with Crippen LogP contribution in [0.2, 0.25) is 0 Å². The van der Waals surface area contributed by atoms with Crippen molar-refractivity contribution in [3.8, 4) is 0 Å². The van der Waals surface area contributed by atoms with Gasteiger partial charge in [0.05, 0.1) is 12.5 Å². The van der Waals surface area contributed by atoms with E-state index < -0.39 is 5.97 Å². The fourth-order valence-corrected chi connectivity index (χ4v) is 3.62. The third-order valence-electron chi connectivity index (χ3n) is 5.05. The van der Waals surface area contributed by atoms with Crippen molar-refractivity contribution in [3.63, 3.8) is 0 Å². The second-order valence-electron chi connectivity index (χ2n) is 7.15. The van der Waals surface area contributed by atoms with Gasteiger partial charge in [-0.3, -0.25) is 14.4 Å². The molecular weight excluding hydrogens is 348 g/mol. The molecule has 1 N–H and O–H groups in total. The van der Waals surface area contributed by atoms with Gasteiger partial charge in [-0.15, -0.1) is 0 Å². The predicted octanol–water partition coefficient (Wildman–Crippen LogP) is 1.90. The van der Waals surface area contributed by atoms with Crippen molar-refractivity contribution < 1.29 is 24.2 Å². The van der Waals surface area contributed by atoms with Gasteiger partial charge in [0.15, 0.2) is 0 Å². The summed E-state index contributed by atoms with van der Waals surface area (Å²) >= 11 is 0. The number of hydrogen-bond acceptors (Lipinski definition) is 4. The van der Waals surface area contributed by atoms with E-state index in [4.69, 9.17) is 9.84 Å². The molecule has 0 saturated carbocycles. The standard InChI is InChI=1S/C20H26N2O5/c23-18-7-2-9-21(18)13-15-4-1-5-16(12-15)20(26)22(10-8-19(24)25)14-17-6-3-11-27-17/h1,4-5,12,17H,2-3,6-11,13-14H2,(H,24,25)/t17-/m1/s1. The van der Waals surface area contributed by atoms with Crippen molar-refractivity contribution in [2.45, 2.75) is 44.8 Å². The maximum atomic E-state index is 13.0. The molecule has 2 saturated heterocycles. The van der Waals surface area contributed by atoms with E-state index in [9.17, 15) is 14.4 Å². The lowest BCUT2D eigenvalue weighted by molar-refractivity contribution is -0.137. The first-order valence-corrected chi connectivity index (χ1v) is 9.52. The molecule has 7 heteroatoms. The van der Waals surface area contributed by atoms with Crippen LogP contribution in [0.25, 0.3) is 0 Å². The van der Waals surface area contributed by atoms with Crippen LogP contribution in [0.5, 0.6) is 0 Å². The summed E-state index contributed by atoms with van der Waals surface area (Å²) in [6.45, 7) is 2.50. The van der Waals surface area contributed by atoms with Crippen molar-refractivity contribution in [1.82, 2.24) is 9.80 Å². The van der Waals surface area contributed by atoms with E-state index in [1.807, 2.05) is 12.1 Å². The average molecular weight is 374 g/mol. The highest BCUT2D eigenvalue weighted by molar-refractivity contribution is 5.94. The Morgan fingerprint density at radius 3 is 2.81 bits per heavy atom. The number of hydrogen-bond donors (Lipinski definition) is 1. The minimum atomic E-state index is -0.929. The fourth-order valence-electron chi connectivity index (χ4n) is 3.62. The summed E-state index contributed by atoms with van der Waals surface area (Å²) in [7, 11) is 0. The lowest BCUT2D eigenvalue weighted by atomic mass is 10.1. The molecule has 0 aromatic heterocycles. The summed E-state index contributed by atoms with van der Waals surface area (Å²) in [5, 5.41) is 9.00. The van der Waals surface area contributed by atoms with Gasteiger partial charge in [0, 0.05) is 44.8 Å². The van der Waals surface area contributed by atoms with E-state index in [-0.39, 0.29) is 30.9 Å². The third kappa shape index (κ3) is 5.29. The fraction of sp³-hybridized carbons (Fsp3) is 0.550. The summed E-state index contributed by atoms with van der Waals surface area (Å²) < 4.78 is 5.62. The molecule has 146 valence electrons. The van der Waals surface area contributed by atoms with Crippen LogP contribution >= 0.6 is 0 Å². The average Bonchev–Trinajstić information content (AvgIpc) is 3.30. The lowest BCUT2D eigenvalue weighted by Gasteiger charge is -2.25. The maximum absolute atomic E-state index is 13.0. The largest absolute Gasteiger partial charge is 0.481 e. The topological polar surface area (TPSA) is 87.2 Å². The Morgan fingerprint density at radius 2 is 2.15 bits per heavy atom. The Hall–Kier alpha value is -2.41. The van der Waals surface area contributed by atoms with Crippen LogP contribution in [0.3, 0.4) is 0 Å². The van der Waals surface area contributed by atoms with Crippen LogP contribution in [0, 0.1) is 0 Å². The molecule has 7 nitrogen and oxygen atoms in total. The lowest BCUT2D eigenvalue weighted by Crippen LogP contribution is -2.38. The molecule has 2 aliphatic heterocycles. The highest BCUT2D eigenvalue weighted by atomic mass is 16.5. The summed E-state index contributed by atoms with van der Waals surface area (Å²) in [6.07, 6.45) is 3.18. The number of amides is 2. The molecule has 0 bridgehead atoms. The second-order valence-corrected chi connectivity index (χ2v) is 7.15. The number of ether oxygens (including phenoxy) is 1. The normalized spacial score (nSPS) is 19.5. The number of benzene rings is 1. The molecule has 0 radical (unpaired) electrons. The van der Waals surface area contributed by atoms with Crippen LogP contribution in [0.4, 0.5) is 0 Å². The van der Waals surface area contributed by atoms with Gasteiger partial charge in [-0.25, -0.2) is 0 Å². The van der Waals surface area contributed by atoms with E-state index >= 15 is 0 Å². The predicted molar refractivity (Wildman–Crippen MR) is 98.2 cm³/mol. The zero-order valence-electron chi connectivity index (χ0n) is 15.4. The smallest absolute Gasteiger partial charge is 0.305 e. The quantitative estimate of drug-likeness (QED) is 0.751. The highest BCUT2D eigenvalue weighted by Gasteiger charge is 2.25. The molecule has 2 heterocycles. The van der Waals surface area contributed by atoms with Gasteiger partial charge in [-0.05, 0) is 37.0 Å². The second kappa shape index (κ2) is 8.99. The van der Waals surface area contributed by atoms with Gasteiger partial charge in [0.2, 0.25) is 5.91 Å². The molecule has 1 atom stereocenters. The van der Waals surface area contributed by atoms with Gasteiger partial charge in [-0.2, -0.15) is 0 Å². The van der Waals surface area contributed by atoms with E-state index in [1.165, 1.54) is 0 Å². The number of carbonyl (C=O) groups is 3. The van der Waals surface area contributed by atoms with Gasteiger partial charge >= 0.3 is 5.97 Å². The molecule has 1 aromatic carbocycles. The van der Waals surface area contributed by atoms with Gasteiger partial charge in [0.1, 0.15) is 0 Å². The zero-order valence-corrected chi connectivity index (χ0v) is 15.4. The van der Waals surface area contributed by atoms with E-state index in [0.29, 0.717) is 31.7 Å². The van der Waals surface area contributed by atoms with Gasteiger partial charge in [-0.1, -0.05) is 12.1 Å². The summed E-state index contributed by atoms with van der Waals surface area (Å²) in [4.78, 5) is 39.2. The summed E-state index contributed by atoms with van der Waals surface area (Å²) in [5.41, 5.74) is 1.42. The van der Waals surface area contributed by atoms with Crippen molar-refractivity contribution in [3.05, 3.63) is 35.4 Å². The first-order valence-electron chi connectivity index (χ1n) is 9.52. The zero-order chi connectivity index (χ0) is 19.2. The van der Waals surface area contributed by atoms with Crippen LogP contribution < -0.4 is 0 Å². The van der Waals surface area contributed by atoms with E-state index in [2.05, 4.69) is 0 Å². The summed E-state index contributed by atoms with van der Waals surface area (Å²) in [5.74, 6) is -0.976. The van der Waals surface area contributed by atoms with Crippen LogP contribution in [-0.4, -0.2) is 65.0 Å². The molecule has 0 aliphatic carbocycles. The third-order valence-corrected chi connectivity index (χ3v) is 5.05. The maximum Gasteiger partial charge on any atom is 0.305 e. The number of likely N-dealkylation sites (tertiary alicyclic amines) is 1. The number of nitrogens with zero attached hydrogens (tertiary/aromatic N) is 2. The number of carbonyl (C=O) groups excluding carboxylic acids is 2. The van der Waals surface area contributed by atoms with Crippen molar-refractivity contribution in [2.24, 2.45) is 0 Å². The number of aliphatic carboxylic acids is 1. The van der Waals surface area contributed by atoms with Crippen molar-refractivity contribution >= 4 is 17.8 Å². The number of carboxylic acids is 1.